The van der Waals surface area contributed by atoms with E-state index in [0.29, 0.717) is 28.9 Å². The zero-order valence-corrected chi connectivity index (χ0v) is 16.8. The number of aryl methyl sites for hydroxylation is 2. The van der Waals surface area contributed by atoms with E-state index in [1.165, 1.54) is 0 Å². The molecule has 7 heteroatoms. The van der Waals surface area contributed by atoms with E-state index in [-0.39, 0.29) is 12.5 Å². The van der Waals surface area contributed by atoms with Crippen molar-refractivity contribution in [1.82, 2.24) is 15.5 Å². The molecule has 1 heterocycles. The number of halogens is 1. The Bertz CT molecular complexity index is 954. The summed E-state index contributed by atoms with van der Waals surface area (Å²) in [5, 5.41) is 7.36. The number of hydrogen-bond acceptors (Lipinski definition) is 5. The van der Waals surface area contributed by atoms with Crippen LogP contribution in [-0.2, 0) is 11.3 Å². The lowest BCUT2D eigenvalue weighted by Crippen LogP contribution is -2.37. The van der Waals surface area contributed by atoms with Crippen LogP contribution in [0.3, 0.4) is 0 Å². The highest BCUT2D eigenvalue weighted by atomic mass is 35.5. The van der Waals surface area contributed by atoms with Crippen LogP contribution in [0.4, 0.5) is 0 Å². The molecule has 1 aromatic heterocycles. The molecule has 0 saturated carbocycles. The molecule has 6 nitrogen and oxygen atoms in total. The van der Waals surface area contributed by atoms with Gasteiger partial charge in [-0.15, -0.1) is 0 Å². The summed E-state index contributed by atoms with van der Waals surface area (Å²) in [5.41, 5.74) is 2.93. The van der Waals surface area contributed by atoms with Crippen LogP contribution in [0.1, 0.15) is 30.4 Å². The van der Waals surface area contributed by atoms with Crippen LogP contribution in [0.25, 0.3) is 11.4 Å². The number of carbonyl (C=O) groups excluding carboxylic acids is 1. The predicted molar refractivity (Wildman–Crippen MR) is 107 cm³/mol. The zero-order valence-electron chi connectivity index (χ0n) is 16.0. The van der Waals surface area contributed by atoms with E-state index < -0.39 is 6.10 Å². The van der Waals surface area contributed by atoms with E-state index in [9.17, 15) is 4.79 Å². The van der Waals surface area contributed by atoms with Gasteiger partial charge in [0.15, 0.2) is 6.10 Å². The van der Waals surface area contributed by atoms with Gasteiger partial charge in [-0.25, -0.2) is 0 Å². The van der Waals surface area contributed by atoms with Gasteiger partial charge in [-0.3, -0.25) is 4.79 Å². The van der Waals surface area contributed by atoms with Gasteiger partial charge >= 0.3 is 0 Å². The molecule has 0 radical (unpaired) electrons. The molecule has 146 valence electrons. The molecule has 0 bridgehead atoms. The predicted octanol–water partition coefficient (Wildman–Crippen LogP) is 4.48. The van der Waals surface area contributed by atoms with E-state index in [2.05, 4.69) is 15.5 Å². The number of rotatable bonds is 7. The summed E-state index contributed by atoms with van der Waals surface area (Å²) in [6.45, 7) is 6.01. The molecular weight excluding hydrogens is 378 g/mol. The van der Waals surface area contributed by atoms with Crippen LogP contribution in [-0.4, -0.2) is 22.2 Å². The number of hydrogen-bond donors (Lipinski definition) is 1. The van der Waals surface area contributed by atoms with Crippen molar-refractivity contribution in [2.45, 2.75) is 39.8 Å². The van der Waals surface area contributed by atoms with E-state index in [1.807, 2.05) is 39.0 Å². The zero-order chi connectivity index (χ0) is 20.1. The second-order valence-corrected chi connectivity index (χ2v) is 6.96. The summed E-state index contributed by atoms with van der Waals surface area (Å²) in [6.07, 6.45) is -0.0565. The minimum atomic E-state index is -0.597. The van der Waals surface area contributed by atoms with Crippen LogP contribution in [0.5, 0.6) is 5.75 Å². The molecule has 28 heavy (non-hydrogen) atoms. The van der Waals surface area contributed by atoms with Crippen LogP contribution in [0.2, 0.25) is 5.02 Å². The van der Waals surface area contributed by atoms with Crippen molar-refractivity contribution in [3.8, 4) is 17.1 Å². The molecule has 1 amide bonds. The third-order valence-electron chi connectivity index (χ3n) is 4.25. The van der Waals surface area contributed by atoms with E-state index in [4.69, 9.17) is 20.9 Å². The maximum Gasteiger partial charge on any atom is 0.261 e. The number of ether oxygens (including phenoxy) is 1. The van der Waals surface area contributed by atoms with Crippen LogP contribution in [0, 0.1) is 13.8 Å². The Labute approximate surface area is 168 Å². The minimum Gasteiger partial charge on any atom is -0.480 e. The molecule has 2 aromatic carbocycles. The summed E-state index contributed by atoms with van der Waals surface area (Å²) in [4.78, 5) is 16.8. The quantitative estimate of drug-likeness (QED) is 0.633. The maximum absolute atomic E-state index is 12.5. The molecule has 0 aliphatic carbocycles. The van der Waals surface area contributed by atoms with Crippen molar-refractivity contribution < 1.29 is 14.1 Å². The van der Waals surface area contributed by atoms with E-state index in [0.717, 1.165) is 16.7 Å². The van der Waals surface area contributed by atoms with E-state index >= 15 is 0 Å². The first-order valence-electron chi connectivity index (χ1n) is 9.06. The smallest absolute Gasteiger partial charge is 0.261 e. The lowest BCUT2D eigenvalue weighted by atomic mass is 10.1. The summed E-state index contributed by atoms with van der Waals surface area (Å²) >= 11 is 5.88. The number of nitrogens with zero attached hydrogens (tertiary/aromatic N) is 2. The van der Waals surface area contributed by atoms with Gasteiger partial charge in [0, 0.05) is 10.6 Å². The average Bonchev–Trinajstić information content (AvgIpc) is 3.15. The first kappa shape index (κ1) is 19.9. The van der Waals surface area contributed by atoms with Crippen LogP contribution in [0.15, 0.2) is 47.0 Å². The number of amides is 1. The highest BCUT2D eigenvalue weighted by Gasteiger charge is 2.20. The monoisotopic (exact) mass is 399 g/mol. The fourth-order valence-electron chi connectivity index (χ4n) is 2.73. The van der Waals surface area contributed by atoms with Gasteiger partial charge in [0.05, 0.1) is 6.54 Å². The SMILES string of the molecule is CC[C@@H](Oc1ccc(C)cc1C)C(=O)NCc1nc(-c2ccc(Cl)cc2)no1. The summed E-state index contributed by atoms with van der Waals surface area (Å²) in [6, 6.07) is 13.0. The standard InChI is InChI=1S/C21H22ClN3O3/c1-4-17(27-18-10-5-13(2)11-14(18)3)21(26)23-12-19-24-20(25-28-19)15-6-8-16(22)9-7-15/h5-11,17H,4,12H2,1-3H3,(H,23,26)/t17-/m1/s1. The van der Waals surface area contributed by atoms with Crippen LogP contribution < -0.4 is 10.1 Å². The number of nitrogens with one attached hydrogen (secondary N) is 1. The van der Waals surface area contributed by atoms with Gasteiger partial charge < -0.3 is 14.6 Å². The van der Waals surface area contributed by atoms with Crippen molar-refractivity contribution in [2.24, 2.45) is 0 Å². The third kappa shape index (κ3) is 4.89. The number of carbonyl (C=O) groups is 1. The van der Waals surface area contributed by atoms with Gasteiger partial charge in [-0.2, -0.15) is 4.98 Å². The van der Waals surface area contributed by atoms with Crippen LogP contribution >= 0.6 is 11.6 Å². The largest absolute Gasteiger partial charge is 0.480 e. The first-order valence-corrected chi connectivity index (χ1v) is 9.44. The highest BCUT2D eigenvalue weighted by Crippen LogP contribution is 2.21. The Balaban J connectivity index is 1.60. The second kappa shape index (κ2) is 8.89. The molecule has 0 saturated heterocycles. The minimum absolute atomic E-state index is 0.131. The third-order valence-corrected chi connectivity index (χ3v) is 4.50. The second-order valence-electron chi connectivity index (χ2n) is 6.52. The highest BCUT2D eigenvalue weighted by molar-refractivity contribution is 6.30. The molecule has 0 aliphatic rings. The van der Waals surface area contributed by atoms with Crippen molar-refractivity contribution in [3.05, 3.63) is 64.5 Å². The van der Waals surface area contributed by atoms with Gasteiger partial charge in [-0.1, -0.05) is 41.4 Å². The molecule has 0 fully saturated rings. The first-order chi connectivity index (χ1) is 13.5. The molecule has 3 rings (SSSR count). The fraction of sp³-hybridized carbons (Fsp3) is 0.286. The fourth-order valence-corrected chi connectivity index (χ4v) is 2.85. The molecule has 0 unspecified atom stereocenters. The normalized spacial score (nSPS) is 11.9. The lowest BCUT2D eigenvalue weighted by Gasteiger charge is -2.18. The van der Waals surface area contributed by atoms with Crippen molar-refractivity contribution >= 4 is 17.5 Å². The summed E-state index contributed by atoms with van der Waals surface area (Å²) in [7, 11) is 0. The molecule has 1 atom stereocenters. The molecule has 3 aromatic rings. The Morgan fingerprint density at radius 2 is 1.96 bits per heavy atom. The van der Waals surface area contributed by atoms with Crippen molar-refractivity contribution in [3.63, 3.8) is 0 Å². The molecular formula is C21H22ClN3O3. The van der Waals surface area contributed by atoms with Gasteiger partial charge in [0.2, 0.25) is 11.7 Å². The van der Waals surface area contributed by atoms with Gasteiger partial charge in [-0.05, 0) is 56.2 Å². The Morgan fingerprint density at radius 3 is 2.64 bits per heavy atom. The number of aromatic nitrogens is 2. The maximum atomic E-state index is 12.5. The summed E-state index contributed by atoms with van der Waals surface area (Å²) in [5.74, 6) is 1.24. The van der Waals surface area contributed by atoms with E-state index in [1.54, 1.807) is 24.3 Å². The Morgan fingerprint density at radius 1 is 1.21 bits per heavy atom. The summed E-state index contributed by atoms with van der Waals surface area (Å²) < 4.78 is 11.1. The molecule has 1 N–H and O–H groups in total. The Kier molecular flexibility index (Phi) is 6.31. The number of benzene rings is 2. The lowest BCUT2D eigenvalue weighted by molar-refractivity contribution is -0.128. The van der Waals surface area contributed by atoms with Gasteiger partial charge in [0.25, 0.3) is 5.91 Å². The average molecular weight is 400 g/mol. The van der Waals surface area contributed by atoms with Gasteiger partial charge in [0.1, 0.15) is 5.75 Å². The molecule has 0 spiro atoms. The van der Waals surface area contributed by atoms with Crippen molar-refractivity contribution in [2.75, 3.05) is 0 Å². The topological polar surface area (TPSA) is 77.2 Å². The molecule has 0 aliphatic heterocycles. The Hall–Kier alpha value is -2.86. The van der Waals surface area contributed by atoms with Crippen molar-refractivity contribution in [1.29, 1.82) is 0 Å².